The minimum atomic E-state index is -0.407. The van der Waals surface area contributed by atoms with Crippen LogP contribution in [0.25, 0.3) is 11.0 Å². The van der Waals surface area contributed by atoms with Crippen molar-refractivity contribution >= 4 is 23.0 Å². The number of hydrogen-bond acceptors (Lipinski definition) is 5. The number of methoxy groups -OCH3 is 1. The number of carbonyl (C=O) groups excluding carboxylic acids is 2. The number of hydrogen-bond donors (Lipinski definition) is 3. The van der Waals surface area contributed by atoms with Crippen LogP contribution in [0, 0.1) is 0 Å². The molecule has 35 heavy (non-hydrogen) atoms. The molecule has 2 aliphatic rings. The zero-order chi connectivity index (χ0) is 24.6. The van der Waals surface area contributed by atoms with Gasteiger partial charge in [0, 0.05) is 64.3 Å². The molecule has 2 fully saturated rings. The Balaban J connectivity index is 1.32. The van der Waals surface area contributed by atoms with Gasteiger partial charge in [0.1, 0.15) is 5.82 Å². The number of ether oxygens (including phenoxy) is 1. The molecule has 1 saturated carbocycles. The second-order valence-corrected chi connectivity index (χ2v) is 9.94. The molecule has 0 spiro atoms. The molecule has 4 rings (SSSR count). The highest BCUT2D eigenvalue weighted by atomic mass is 16.5. The van der Waals surface area contributed by atoms with Crippen LogP contribution in [-0.4, -0.2) is 71.8 Å². The monoisotopic (exact) mass is 484 g/mol. The Labute approximate surface area is 207 Å². The Bertz CT molecular complexity index is 987. The van der Waals surface area contributed by atoms with Gasteiger partial charge in [-0.15, -0.1) is 0 Å². The van der Waals surface area contributed by atoms with Crippen LogP contribution in [0.1, 0.15) is 63.1 Å². The number of piperidine rings is 1. The Kier molecular flexibility index (Phi) is 8.98. The fourth-order valence-corrected chi connectivity index (χ4v) is 5.38. The summed E-state index contributed by atoms with van der Waals surface area (Å²) in [6.45, 7) is 3.21. The van der Waals surface area contributed by atoms with E-state index in [-0.39, 0.29) is 36.9 Å². The van der Waals surface area contributed by atoms with Crippen LogP contribution in [0.2, 0.25) is 0 Å². The number of likely N-dealkylation sites (tertiary alicyclic amines) is 1. The van der Waals surface area contributed by atoms with Gasteiger partial charge >= 0.3 is 6.03 Å². The summed E-state index contributed by atoms with van der Waals surface area (Å²) in [6.07, 6.45) is 7.48. The maximum absolute atomic E-state index is 13.1. The van der Waals surface area contributed by atoms with E-state index in [0.29, 0.717) is 13.2 Å². The number of fused-ring (bicyclic) bond motifs is 1. The van der Waals surface area contributed by atoms with Gasteiger partial charge in [-0.25, -0.2) is 9.78 Å². The summed E-state index contributed by atoms with van der Waals surface area (Å²) >= 11 is 0. The number of urea groups is 1. The van der Waals surface area contributed by atoms with Crippen molar-refractivity contribution in [2.24, 2.45) is 5.73 Å². The number of nitrogens with one attached hydrogen (secondary N) is 2. The first-order chi connectivity index (χ1) is 17.0. The highest BCUT2D eigenvalue weighted by Crippen LogP contribution is 2.30. The summed E-state index contributed by atoms with van der Waals surface area (Å²) < 4.78 is 7.56. The van der Waals surface area contributed by atoms with Crippen molar-refractivity contribution in [2.75, 3.05) is 33.4 Å². The zero-order valence-corrected chi connectivity index (χ0v) is 20.9. The minimum Gasteiger partial charge on any atom is -0.385 e. The van der Waals surface area contributed by atoms with Crippen molar-refractivity contribution in [3.63, 3.8) is 0 Å². The SMILES string of the molecule is COCCCn1c([C@@H]2CCCN(C(=O)C[C@H](N)CNC(=O)NC3CCCC3)C2)nc2ccccc21. The molecule has 2 atom stereocenters. The third-order valence-electron chi connectivity index (χ3n) is 7.21. The van der Waals surface area contributed by atoms with Gasteiger partial charge in [0.15, 0.2) is 0 Å². The number of imidazole rings is 1. The number of amides is 3. The van der Waals surface area contributed by atoms with Gasteiger partial charge in [-0.05, 0) is 44.2 Å². The molecule has 9 heteroatoms. The molecular weight excluding hydrogens is 444 g/mol. The van der Waals surface area contributed by atoms with Gasteiger partial charge < -0.3 is 30.6 Å². The smallest absolute Gasteiger partial charge is 0.315 e. The standard InChI is InChI=1S/C26H40N6O3/c1-35-15-7-14-32-23-12-5-4-11-22(23)30-25(32)19-8-6-13-31(18-19)24(33)16-20(27)17-28-26(34)29-21-9-2-3-10-21/h4-5,11-12,19-21H,2-3,6-10,13-18,27H2,1H3,(H2,28,29,34)/t19-,20+/m1/s1. The predicted molar refractivity (Wildman–Crippen MR) is 136 cm³/mol. The molecule has 1 aromatic carbocycles. The van der Waals surface area contributed by atoms with E-state index in [9.17, 15) is 9.59 Å². The number of rotatable bonds is 10. The van der Waals surface area contributed by atoms with Crippen molar-refractivity contribution in [1.29, 1.82) is 0 Å². The lowest BCUT2D eigenvalue weighted by molar-refractivity contribution is -0.132. The molecule has 192 valence electrons. The van der Waals surface area contributed by atoms with E-state index in [1.54, 1.807) is 7.11 Å². The van der Waals surface area contributed by atoms with E-state index in [0.717, 1.165) is 62.1 Å². The number of carbonyl (C=O) groups is 2. The molecule has 1 aliphatic heterocycles. The number of para-hydroxylation sites is 2. The molecule has 0 radical (unpaired) electrons. The fourth-order valence-electron chi connectivity index (χ4n) is 5.38. The van der Waals surface area contributed by atoms with E-state index in [1.165, 1.54) is 12.8 Å². The molecule has 2 aromatic rings. The minimum absolute atomic E-state index is 0.0437. The van der Waals surface area contributed by atoms with E-state index < -0.39 is 6.04 Å². The fraction of sp³-hybridized carbons (Fsp3) is 0.654. The largest absolute Gasteiger partial charge is 0.385 e. The van der Waals surface area contributed by atoms with Crippen LogP contribution in [0.5, 0.6) is 0 Å². The van der Waals surface area contributed by atoms with Crippen molar-refractivity contribution in [1.82, 2.24) is 25.1 Å². The van der Waals surface area contributed by atoms with Gasteiger partial charge in [-0.1, -0.05) is 25.0 Å². The Morgan fingerprint density at radius 3 is 2.80 bits per heavy atom. The molecular formula is C26H40N6O3. The summed E-state index contributed by atoms with van der Waals surface area (Å²) in [4.78, 5) is 32.0. The maximum atomic E-state index is 13.1. The van der Waals surface area contributed by atoms with Crippen LogP contribution >= 0.6 is 0 Å². The van der Waals surface area contributed by atoms with Gasteiger partial charge in [0.2, 0.25) is 5.91 Å². The van der Waals surface area contributed by atoms with Gasteiger partial charge in [0.05, 0.1) is 11.0 Å². The first-order valence-corrected chi connectivity index (χ1v) is 13.1. The van der Waals surface area contributed by atoms with Gasteiger partial charge in [-0.2, -0.15) is 0 Å². The van der Waals surface area contributed by atoms with Crippen LogP contribution in [0.3, 0.4) is 0 Å². The summed E-state index contributed by atoms with van der Waals surface area (Å²) in [5.41, 5.74) is 8.33. The highest BCUT2D eigenvalue weighted by Gasteiger charge is 2.29. The molecule has 1 aromatic heterocycles. The number of benzene rings is 1. The van der Waals surface area contributed by atoms with Crippen molar-refractivity contribution in [3.05, 3.63) is 30.1 Å². The number of aryl methyl sites for hydroxylation is 1. The quantitative estimate of drug-likeness (QED) is 0.449. The number of aromatic nitrogens is 2. The van der Waals surface area contributed by atoms with Crippen LogP contribution in [0.4, 0.5) is 4.79 Å². The average Bonchev–Trinajstić information content (AvgIpc) is 3.51. The normalized spacial score (nSPS) is 19.7. The Morgan fingerprint density at radius 1 is 1.20 bits per heavy atom. The zero-order valence-electron chi connectivity index (χ0n) is 20.9. The molecule has 2 heterocycles. The predicted octanol–water partition coefficient (Wildman–Crippen LogP) is 2.74. The molecule has 0 bridgehead atoms. The average molecular weight is 485 g/mol. The van der Waals surface area contributed by atoms with Crippen molar-refractivity contribution in [3.8, 4) is 0 Å². The third kappa shape index (κ3) is 6.73. The second kappa shape index (κ2) is 12.4. The molecule has 3 amide bonds. The number of nitrogens with zero attached hydrogens (tertiary/aromatic N) is 3. The van der Waals surface area contributed by atoms with E-state index in [1.807, 2.05) is 23.1 Å². The first kappa shape index (κ1) is 25.4. The molecule has 9 nitrogen and oxygen atoms in total. The maximum Gasteiger partial charge on any atom is 0.315 e. The molecule has 4 N–H and O–H groups in total. The van der Waals surface area contributed by atoms with Crippen molar-refractivity contribution in [2.45, 2.75) is 75.9 Å². The van der Waals surface area contributed by atoms with E-state index >= 15 is 0 Å². The summed E-state index contributed by atoms with van der Waals surface area (Å²) in [5, 5.41) is 5.82. The van der Waals surface area contributed by atoms with Gasteiger partial charge in [0.25, 0.3) is 0 Å². The Morgan fingerprint density at radius 2 is 2.00 bits per heavy atom. The number of nitrogens with two attached hydrogens (primary N) is 1. The highest BCUT2D eigenvalue weighted by molar-refractivity contribution is 5.78. The Hall–Kier alpha value is -2.65. The molecule has 0 unspecified atom stereocenters. The lowest BCUT2D eigenvalue weighted by atomic mass is 9.96. The van der Waals surface area contributed by atoms with Crippen LogP contribution in [-0.2, 0) is 16.1 Å². The first-order valence-electron chi connectivity index (χ1n) is 13.1. The topological polar surface area (TPSA) is 115 Å². The van der Waals surface area contributed by atoms with Crippen LogP contribution in [0.15, 0.2) is 24.3 Å². The summed E-state index contributed by atoms with van der Waals surface area (Å²) in [5.74, 6) is 1.28. The summed E-state index contributed by atoms with van der Waals surface area (Å²) in [6, 6.07) is 7.88. The summed E-state index contributed by atoms with van der Waals surface area (Å²) in [7, 11) is 1.72. The lowest BCUT2D eigenvalue weighted by Gasteiger charge is -2.33. The van der Waals surface area contributed by atoms with E-state index in [2.05, 4.69) is 21.3 Å². The third-order valence-corrected chi connectivity index (χ3v) is 7.21. The molecule has 1 aliphatic carbocycles. The van der Waals surface area contributed by atoms with Crippen molar-refractivity contribution < 1.29 is 14.3 Å². The lowest BCUT2D eigenvalue weighted by Crippen LogP contribution is -2.47. The molecule has 1 saturated heterocycles. The van der Waals surface area contributed by atoms with Gasteiger partial charge in [-0.3, -0.25) is 4.79 Å². The second-order valence-electron chi connectivity index (χ2n) is 9.94. The van der Waals surface area contributed by atoms with E-state index in [4.69, 9.17) is 15.5 Å². The van der Waals surface area contributed by atoms with Crippen LogP contribution < -0.4 is 16.4 Å².